The molecule has 3 heteroatoms. The summed E-state index contributed by atoms with van der Waals surface area (Å²) in [4.78, 5) is 0. The fourth-order valence-electron chi connectivity index (χ4n) is 1.14. The second-order valence-corrected chi connectivity index (χ2v) is 12.3. The van der Waals surface area contributed by atoms with Crippen LogP contribution in [0, 0.1) is 5.92 Å². The van der Waals surface area contributed by atoms with Crippen LogP contribution < -0.4 is 0 Å². The zero-order valence-corrected chi connectivity index (χ0v) is 12.0. The molecule has 0 radical (unpaired) electrons. The molecular weight excluding hydrogens is 219 g/mol. The molecular formula is C10H22Cl2Si. The molecule has 0 aromatic rings. The van der Waals surface area contributed by atoms with E-state index in [0.29, 0.717) is 5.92 Å². The minimum Gasteiger partial charge on any atom is -0.145 e. The average molecular weight is 241 g/mol. The molecule has 0 saturated carbocycles. The van der Waals surface area contributed by atoms with Crippen molar-refractivity contribution in [3.8, 4) is 0 Å². The first-order valence-electron chi connectivity index (χ1n) is 5.13. The highest BCUT2D eigenvalue weighted by Gasteiger charge is 2.46. The maximum absolute atomic E-state index is 6.51. The molecule has 0 aliphatic carbocycles. The van der Waals surface area contributed by atoms with Crippen molar-refractivity contribution in [1.29, 1.82) is 0 Å². The summed E-state index contributed by atoms with van der Waals surface area (Å²) >= 11 is 13.0. The standard InChI is InChI=1S/C10H22Cl2Si/c1-6-7-8-13(11,12)10(4,5)9(2)3/h9H,6-8H2,1-5H3. The molecule has 0 aromatic carbocycles. The first kappa shape index (κ1) is 13.8. The lowest BCUT2D eigenvalue weighted by molar-refractivity contribution is 0.466. The molecule has 0 N–H and O–H groups in total. The van der Waals surface area contributed by atoms with E-state index in [1.165, 1.54) is 6.42 Å². The molecule has 0 aromatic heterocycles. The Morgan fingerprint density at radius 1 is 1.23 bits per heavy atom. The highest BCUT2D eigenvalue weighted by atomic mass is 35.7. The number of hydrogen-bond acceptors (Lipinski definition) is 0. The monoisotopic (exact) mass is 240 g/mol. The van der Waals surface area contributed by atoms with Gasteiger partial charge in [0.05, 0.1) is 0 Å². The fraction of sp³-hybridized carbons (Fsp3) is 1.00. The van der Waals surface area contributed by atoms with E-state index in [9.17, 15) is 0 Å². The Kier molecular flexibility index (Phi) is 5.35. The van der Waals surface area contributed by atoms with Gasteiger partial charge in [-0.2, -0.15) is 0 Å². The largest absolute Gasteiger partial charge is 0.257 e. The van der Waals surface area contributed by atoms with Gasteiger partial charge in [0.1, 0.15) is 0 Å². The number of unbranched alkanes of at least 4 members (excludes halogenated alkanes) is 1. The molecule has 0 heterocycles. The molecule has 13 heavy (non-hydrogen) atoms. The molecule has 0 saturated heterocycles. The van der Waals surface area contributed by atoms with Gasteiger partial charge >= 0.3 is 0 Å². The van der Waals surface area contributed by atoms with Gasteiger partial charge in [0.15, 0.2) is 0 Å². The van der Waals surface area contributed by atoms with Crippen molar-refractivity contribution in [2.24, 2.45) is 5.92 Å². The van der Waals surface area contributed by atoms with E-state index in [1.807, 2.05) is 0 Å². The van der Waals surface area contributed by atoms with Crippen molar-refractivity contribution in [3.63, 3.8) is 0 Å². The van der Waals surface area contributed by atoms with Crippen molar-refractivity contribution >= 4 is 28.9 Å². The molecule has 0 fully saturated rings. The van der Waals surface area contributed by atoms with E-state index >= 15 is 0 Å². The summed E-state index contributed by atoms with van der Waals surface area (Å²) in [6, 6.07) is 1.03. The summed E-state index contributed by atoms with van der Waals surface area (Å²) in [5.41, 5.74) is 0. The van der Waals surface area contributed by atoms with Crippen LogP contribution >= 0.6 is 22.2 Å². The van der Waals surface area contributed by atoms with Gasteiger partial charge in [0.25, 0.3) is 6.69 Å². The zero-order valence-electron chi connectivity index (χ0n) is 9.45. The van der Waals surface area contributed by atoms with E-state index in [2.05, 4.69) is 34.6 Å². The van der Waals surface area contributed by atoms with Gasteiger partial charge in [-0.15, -0.1) is 22.2 Å². The summed E-state index contributed by atoms with van der Waals surface area (Å²) in [5.74, 6) is 0.561. The van der Waals surface area contributed by atoms with Gasteiger partial charge in [-0.1, -0.05) is 47.5 Å². The van der Waals surface area contributed by atoms with Crippen molar-refractivity contribution in [2.75, 3.05) is 0 Å². The van der Waals surface area contributed by atoms with E-state index in [4.69, 9.17) is 22.2 Å². The summed E-state index contributed by atoms with van der Waals surface area (Å²) in [7, 11) is 0. The Labute approximate surface area is 93.4 Å². The van der Waals surface area contributed by atoms with Gasteiger partial charge in [-0.25, -0.2) is 0 Å². The Morgan fingerprint density at radius 2 is 1.69 bits per heavy atom. The molecule has 0 nitrogen and oxygen atoms in total. The summed E-state index contributed by atoms with van der Waals surface area (Å²) < 4.78 is 0. The van der Waals surface area contributed by atoms with E-state index in [-0.39, 0.29) is 5.04 Å². The van der Waals surface area contributed by atoms with Crippen molar-refractivity contribution in [1.82, 2.24) is 0 Å². The van der Waals surface area contributed by atoms with Gasteiger partial charge in [0.2, 0.25) is 0 Å². The minimum absolute atomic E-state index is 0.116. The predicted molar refractivity (Wildman–Crippen MR) is 66.1 cm³/mol. The van der Waals surface area contributed by atoms with Crippen LogP contribution in [0.3, 0.4) is 0 Å². The van der Waals surface area contributed by atoms with Crippen LogP contribution in [0.1, 0.15) is 47.5 Å². The van der Waals surface area contributed by atoms with Gasteiger partial charge in [-0.3, -0.25) is 0 Å². The van der Waals surface area contributed by atoms with Crippen LogP contribution in [0.15, 0.2) is 0 Å². The van der Waals surface area contributed by atoms with Crippen LogP contribution in [-0.2, 0) is 0 Å². The third-order valence-corrected chi connectivity index (χ3v) is 10.7. The number of rotatable bonds is 5. The smallest absolute Gasteiger partial charge is 0.145 e. The second kappa shape index (κ2) is 5.04. The van der Waals surface area contributed by atoms with E-state index in [0.717, 1.165) is 12.5 Å². The zero-order chi connectivity index (χ0) is 10.7. The van der Waals surface area contributed by atoms with Crippen LogP contribution in [0.25, 0.3) is 0 Å². The molecule has 0 aliphatic heterocycles. The fourth-order valence-corrected chi connectivity index (χ4v) is 5.54. The van der Waals surface area contributed by atoms with Crippen LogP contribution in [0.2, 0.25) is 11.1 Å². The van der Waals surface area contributed by atoms with Crippen molar-refractivity contribution in [2.45, 2.75) is 58.5 Å². The Balaban J connectivity index is 4.41. The highest BCUT2D eigenvalue weighted by molar-refractivity contribution is 7.46. The summed E-state index contributed by atoms with van der Waals surface area (Å²) in [5, 5.41) is 0.116. The summed E-state index contributed by atoms with van der Waals surface area (Å²) in [6.45, 7) is 8.94. The molecule has 0 unspecified atom stereocenters. The molecule has 0 rings (SSSR count). The highest BCUT2D eigenvalue weighted by Crippen LogP contribution is 2.51. The molecule has 0 spiro atoms. The number of hydrogen-bond donors (Lipinski definition) is 0. The minimum atomic E-state index is -2.07. The Hall–Kier alpha value is 0.797. The second-order valence-electron chi connectivity index (χ2n) is 4.68. The van der Waals surface area contributed by atoms with E-state index in [1.54, 1.807) is 0 Å². The maximum Gasteiger partial charge on any atom is 0.257 e. The number of halogens is 2. The van der Waals surface area contributed by atoms with Crippen LogP contribution in [0.4, 0.5) is 0 Å². The lowest BCUT2D eigenvalue weighted by Gasteiger charge is -2.38. The third-order valence-electron chi connectivity index (χ3n) is 3.23. The maximum atomic E-state index is 6.51. The first-order valence-corrected chi connectivity index (χ1v) is 9.36. The Bertz CT molecular complexity index is 153. The molecule has 0 amide bonds. The van der Waals surface area contributed by atoms with Crippen molar-refractivity contribution in [3.05, 3.63) is 0 Å². The van der Waals surface area contributed by atoms with Gasteiger partial charge in [-0.05, 0) is 17.0 Å². The van der Waals surface area contributed by atoms with Crippen LogP contribution in [-0.4, -0.2) is 6.69 Å². The van der Waals surface area contributed by atoms with Crippen molar-refractivity contribution < 1.29 is 0 Å². The molecule has 80 valence electrons. The molecule has 0 bridgehead atoms. The molecule has 0 aliphatic rings. The lowest BCUT2D eigenvalue weighted by Crippen LogP contribution is -2.37. The Morgan fingerprint density at radius 3 is 2.00 bits per heavy atom. The third kappa shape index (κ3) is 3.45. The quantitative estimate of drug-likeness (QED) is 0.461. The molecule has 0 atom stereocenters. The SMILES string of the molecule is CCCC[Si](Cl)(Cl)C(C)(C)C(C)C. The van der Waals surface area contributed by atoms with E-state index < -0.39 is 6.69 Å². The average Bonchev–Trinajstić information content (AvgIpc) is 2.00. The lowest BCUT2D eigenvalue weighted by atomic mass is 9.99. The van der Waals surface area contributed by atoms with Crippen LogP contribution in [0.5, 0.6) is 0 Å². The van der Waals surface area contributed by atoms with Gasteiger partial charge in [0, 0.05) is 0 Å². The first-order chi connectivity index (χ1) is 5.75. The van der Waals surface area contributed by atoms with Gasteiger partial charge < -0.3 is 0 Å². The normalized spacial score (nSPS) is 13.8. The predicted octanol–water partition coefficient (Wildman–Crippen LogP) is 5.14. The summed E-state index contributed by atoms with van der Waals surface area (Å²) in [6.07, 6.45) is 2.34. The topological polar surface area (TPSA) is 0 Å².